The molecule has 0 aliphatic heterocycles. The second-order valence-electron chi connectivity index (χ2n) is 4.15. The molecular weight excluding hydrogens is 294 g/mol. The van der Waals surface area contributed by atoms with Crippen molar-refractivity contribution >= 4 is 29.3 Å². The summed E-state index contributed by atoms with van der Waals surface area (Å²) in [5.41, 5.74) is 6.40. The highest BCUT2D eigenvalue weighted by atomic mass is 35.5. The van der Waals surface area contributed by atoms with Crippen LogP contribution in [0.3, 0.4) is 0 Å². The summed E-state index contributed by atoms with van der Waals surface area (Å²) >= 11 is 5.73. The average molecular weight is 308 g/mol. The molecule has 2 rings (SSSR count). The van der Waals surface area contributed by atoms with Crippen LogP contribution in [0.4, 0.5) is 11.8 Å². The monoisotopic (exact) mass is 307 g/mol. The maximum Gasteiger partial charge on any atom is 0.268 e. The lowest BCUT2D eigenvalue weighted by atomic mass is 10.2. The van der Waals surface area contributed by atoms with Crippen molar-refractivity contribution in [1.82, 2.24) is 9.97 Å². The van der Waals surface area contributed by atoms with Gasteiger partial charge in [-0.15, -0.1) is 0 Å². The summed E-state index contributed by atoms with van der Waals surface area (Å²) in [4.78, 5) is 19.4. The van der Waals surface area contributed by atoms with Crippen molar-refractivity contribution in [1.29, 1.82) is 0 Å². The second kappa shape index (κ2) is 6.98. The highest BCUT2D eigenvalue weighted by Gasteiger charge is 2.15. The fourth-order valence-corrected chi connectivity index (χ4v) is 1.76. The van der Waals surface area contributed by atoms with Gasteiger partial charge in [0.05, 0.1) is 6.61 Å². The van der Waals surface area contributed by atoms with E-state index >= 15 is 0 Å². The molecule has 1 amide bonds. The van der Waals surface area contributed by atoms with Gasteiger partial charge in [-0.25, -0.2) is 15.8 Å². The molecule has 0 fully saturated rings. The number of aromatic nitrogens is 2. The Morgan fingerprint density at radius 3 is 2.67 bits per heavy atom. The Morgan fingerprint density at radius 2 is 2.00 bits per heavy atom. The normalized spacial score (nSPS) is 10.4. The minimum atomic E-state index is -0.472. The van der Waals surface area contributed by atoms with Crippen LogP contribution in [0.2, 0.25) is 5.15 Å². The summed E-state index contributed by atoms with van der Waals surface area (Å²) in [6.07, 6.45) is 0. The van der Waals surface area contributed by atoms with Crippen molar-refractivity contribution in [2.24, 2.45) is 5.84 Å². The summed E-state index contributed by atoms with van der Waals surface area (Å²) in [6.45, 7) is 0.125. The van der Waals surface area contributed by atoms with E-state index in [9.17, 15) is 4.79 Å². The quantitative estimate of drug-likeness (QED) is 0.371. The van der Waals surface area contributed by atoms with Crippen LogP contribution < -0.4 is 16.6 Å². The lowest BCUT2D eigenvalue weighted by molar-refractivity contribution is -0.123. The van der Waals surface area contributed by atoms with Gasteiger partial charge in [-0.2, -0.15) is 4.98 Å². The number of carbonyl (C=O) groups excluding carboxylic acids is 1. The number of ether oxygens (including phenoxy) is 1. The number of benzene rings is 1. The molecule has 0 saturated heterocycles. The fraction of sp³-hybridized carbons (Fsp3) is 0.154. The average Bonchev–Trinajstić information content (AvgIpc) is 2.46. The van der Waals surface area contributed by atoms with Crippen LogP contribution in [0.1, 0.15) is 5.56 Å². The number of carbonyl (C=O) groups is 1. The molecule has 0 bridgehead atoms. The Hall–Kier alpha value is -2.22. The van der Waals surface area contributed by atoms with Crippen molar-refractivity contribution in [2.45, 2.75) is 6.61 Å². The first kappa shape index (κ1) is 15.2. The van der Waals surface area contributed by atoms with Gasteiger partial charge in [0.1, 0.15) is 11.8 Å². The van der Waals surface area contributed by atoms with Crippen LogP contribution >= 0.6 is 11.6 Å². The van der Waals surface area contributed by atoms with Gasteiger partial charge in [0.25, 0.3) is 5.91 Å². The van der Waals surface area contributed by atoms with Gasteiger partial charge >= 0.3 is 0 Å². The van der Waals surface area contributed by atoms with E-state index in [2.05, 4.69) is 9.97 Å². The number of anilines is 2. The number of nitrogens with two attached hydrogens (primary N) is 2. The third-order valence-electron chi connectivity index (χ3n) is 2.55. The number of hydrogen-bond donors (Lipinski definition) is 2. The smallest absolute Gasteiger partial charge is 0.268 e. The Labute approximate surface area is 126 Å². The van der Waals surface area contributed by atoms with Crippen molar-refractivity contribution in [3.8, 4) is 0 Å². The summed E-state index contributed by atoms with van der Waals surface area (Å²) < 4.78 is 5.31. The first-order chi connectivity index (χ1) is 10.1. The van der Waals surface area contributed by atoms with Crippen LogP contribution in [0.5, 0.6) is 0 Å². The number of amides is 1. The highest BCUT2D eigenvalue weighted by molar-refractivity contribution is 6.29. The molecule has 1 heterocycles. The molecule has 7 nitrogen and oxygen atoms in total. The van der Waals surface area contributed by atoms with Crippen LogP contribution in [-0.2, 0) is 16.1 Å². The molecule has 0 spiro atoms. The maximum atomic E-state index is 11.9. The molecule has 0 atom stereocenters. The van der Waals surface area contributed by atoms with Crippen LogP contribution in [0.15, 0.2) is 36.4 Å². The van der Waals surface area contributed by atoms with E-state index in [0.29, 0.717) is 6.61 Å². The Balaban J connectivity index is 1.90. The number of hydrazine groups is 1. The summed E-state index contributed by atoms with van der Waals surface area (Å²) in [5, 5.41) is 0.931. The SMILES string of the molecule is Nc1nc(Cl)cc(N(N)C(=O)COCc2ccccc2)n1. The number of nitrogens with zero attached hydrogens (tertiary/aromatic N) is 3. The molecular formula is C13H14ClN5O2. The van der Waals surface area contributed by atoms with Gasteiger partial charge < -0.3 is 10.5 Å². The lowest BCUT2D eigenvalue weighted by Crippen LogP contribution is -2.40. The molecule has 0 unspecified atom stereocenters. The number of nitrogen functional groups attached to an aromatic ring is 1. The van der Waals surface area contributed by atoms with Gasteiger partial charge in [0, 0.05) is 6.07 Å². The van der Waals surface area contributed by atoms with Crippen molar-refractivity contribution in [2.75, 3.05) is 17.3 Å². The molecule has 0 aliphatic rings. The largest absolute Gasteiger partial charge is 0.368 e. The molecule has 0 aliphatic carbocycles. The molecule has 110 valence electrons. The van der Waals surface area contributed by atoms with E-state index in [1.807, 2.05) is 30.3 Å². The third kappa shape index (κ3) is 4.38. The Kier molecular flexibility index (Phi) is 5.04. The van der Waals surface area contributed by atoms with Crippen LogP contribution in [-0.4, -0.2) is 22.5 Å². The van der Waals surface area contributed by atoms with Gasteiger partial charge in [-0.3, -0.25) is 4.79 Å². The third-order valence-corrected chi connectivity index (χ3v) is 2.74. The molecule has 2 aromatic rings. The predicted octanol–water partition coefficient (Wildman–Crippen LogP) is 1.14. The van der Waals surface area contributed by atoms with E-state index in [-0.39, 0.29) is 23.5 Å². The van der Waals surface area contributed by atoms with Crippen molar-refractivity contribution in [3.05, 3.63) is 47.1 Å². The summed E-state index contributed by atoms with van der Waals surface area (Å²) in [5.74, 6) is 5.23. The zero-order chi connectivity index (χ0) is 15.2. The van der Waals surface area contributed by atoms with Gasteiger partial charge in [0.15, 0.2) is 5.82 Å². The van der Waals surface area contributed by atoms with Gasteiger partial charge in [-0.1, -0.05) is 41.9 Å². The molecule has 0 saturated carbocycles. The van der Waals surface area contributed by atoms with Crippen molar-refractivity contribution < 1.29 is 9.53 Å². The zero-order valence-corrected chi connectivity index (χ0v) is 11.8. The number of halogens is 1. The van der Waals surface area contributed by atoms with Crippen LogP contribution in [0, 0.1) is 0 Å². The number of rotatable bonds is 5. The van der Waals surface area contributed by atoms with E-state index in [0.717, 1.165) is 10.6 Å². The maximum absolute atomic E-state index is 11.9. The topological polar surface area (TPSA) is 107 Å². The Morgan fingerprint density at radius 1 is 1.29 bits per heavy atom. The van der Waals surface area contributed by atoms with Crippen molar-refractivity contribution in [3.63, 3.8) is 0 Å². The zero-order valence-electron chi connectivity index (χ0n) is 11.1. The minimum absolute atomic E-state index is 0.0639. The molecule has 8 heteroatoms. The fourth-order valence-electron chi connectivity index (χ4n) is 1.57. The predicted molar refractivity (Wildman–Crippen MR) is 79.2 cm³/mol. The molecule has 1 aromatic carbocycles. The summed E-state index contributed by atoms with van der Waals surface area (Å²) in [6, 6.07) is 10.8. The molecule has 1 aromatic heterocycles. The molecule has 0 radical (unpaired) electrons. The van der Waals surface area contributed by atoms with E-state index < -0.39 is 5.91 Å². The highest BCUT2D eigenvalue weighted by Crippen LogP contribution is 2.15. The second-order valence-corrected chi connectivity index (χ2v) is 4.54. The first-order valence-electron chi connectivity index (χ1n) is 6.05. The van der Waals surface area contributed by atoms with Gasteiger partial charge in [0.2, 0.25) is 5.95 Å². The van der Waals surface area contributed by atoms with E-state index in [1.54, 1.807) is 0 Å². The molecule has 4 N–H and O–H groups in total. The van der Waals surface area contributed by atoms with Crippen LogP contribution in [0.25, 0.3) is 0 Å². The first-order valence-corrected chi connectivity index (χ1v) is 6.43. The lowest BCUT2D eigenvalue weighted by Gasteiger charge is -2.15. The van der Waals surface area contributed by atoms with Gasteiger partial charge in [-0.05, 0) is 5.56 Å². The minimum Gasteiger partial charge on any atom is -0.368 e. The summed E-state index contributed by atoms with van der Waals surface area (Å²) in [7, 11) is 0. The van der Waals surface area contributed by atoms with E-state index in [1.165, 1.54) is 6.07 Å². The Bertz CT molecular complexity index is 603. The van der Waals surface area contributed by atoms with E-state index in [4.69, 9.17) is 27.9 Å². The number of hydrogen-bond acceptors (Lipinski definition) is 6. The standard InChI is InChI=1S/C13H14ClN5O2/c14-10-6-11(18-13(15)17-10)19(16)12(20)8-21-7-9-4-2-1-3-5-9/h1-6H,7-8,16H2,(H2,15,17,18). The molecule has 21 heavy (non-hydrogen) atoms.